The number of anilines is 1. The summed E-state index contributed by atoms with van der Waals surface area (Å²) in [6.45, 7) is 4.85. The van der Waals surface area contributed by atoms with Gasteiger partial charge in [-0.2, -0.15) is 0 Å². The standard InChI is InChI=1S/C13H19N3O3/c1-9(2)7-16-12(17)8-15-10-4-5-14-11(6-10)13(18)19-3/h4-6,9H,7-8H2,1-3H3,(H,14,15)(H,16,17). The SMILES string of the molecule is COC(=O)c1cc(NCC(=O)NCC(C)C)ccn1. The van der Waals surface area contributed by atoms with E-state index in [1.165, 1.54) is 13.3 Å². The van der Waals surface area contributed by atoms with Crippen LogP contribution in [0.4, 0.5) is 5.69 Å². The molecule has 0 aliphatic heterocycles. The Kier molecular flexibility index (Phi) is 5.78. The van der Waals surface area contributed by atoms with E-state index in [1.54, 1.807) is 12.1 Å². The summed E-state index contributed by atoms with van der Waals surface area (Å²) in [5.74, 6) is -0.186. The van der Waals surface area contributed by atoms with Gasteiger partial charge in [-0.3, -0.25) is 4.79 Å². The van der Waals surface area contributed by atoms with E-state index in [-0.39, 0.29) is 18.1 Å². The van der Waals surface area contributed by atoms with E-state index < -0.39 is 5.97 Å². The van der Waals surface area contributed by atoms with Crippen LogP contribution in [0.25, 0.3) is 0 Å². The molecule has 0 spiro atoms. The molecule has 0 aliphatic carbocycles. The molecular weight excluding hydrogens is 246 g/mol. The minimum absolute atomic E-state index is 0.0925. The van der Waals surface area contributed by atoms with E-state index >= 15 is 0 Å². The van der Waals surface area contributed by atoms with Crippen molar-refractivity contribution in [3.63, 3.8) is 0 Å². The average Bonchev–Trinajstić information content (AvgIpc) is 2.42. The van der Waals surface area contributed by atoms with E-state index in [1.807, 2.05) is 13.8 Å². The fourth-order valence-corrected chi connectivity index (χ4v) is 1.32. The second-order valence-corrected chi connectivity index (χ2v) is 4.47. The van der Waals surface area contributed by atoms with Crippen molar-refractivity contribution in [2.75, 3.05) is 25.5 Å². The summed E-state index contributed by atoms with van der Waals surface area (Å²) < 4.78 is 4.57. The van der Waals surface area contributed by atoms with Crippen molar-refractivity contribution >= 4 is 17.6 Å². The molecule has 19 heavy (non-hydrogen) atoms. The van der Waals surface area contributed by atoms with Gasteiger partial charge in [0.25, 0.3) is 0 Å². The highest BCUT2D eigenvalue weighted by Crippen LogP contribution is 2.08. The Morgan fingerprint density at radius 2 is 2.16 bits per heavy atom. The van der Waals surface area contributed by atoms with E-state index in [0.717, 1.165) is 0 Å². The molecular formula is C13H19N3O3. The molecule has 0 aromatic carbocycles. The molecule has 0 saturated carbocycles. The molecule has 1 aromatic heterocycles. The third-order valence-electron chi connectivity index (χ3n) is 2.32. The van der Waals surface area contributed by atoms with E-state index in [0.29, 0.717) is 18.2 Å². The third-order valence-corrected chi connectivity index (χ3v) is 2.32. The monoisotopic (exact) mass is 265 g/mol. The van der Waals surface area contributed by atoms with Gasteiger partial charge in [-0.1, -0.05) is 13.8 Å². The van der Waals surface area contributed by atoms with Gasteiger partial charge in [-0.25, -0.2) is 9.78 Å². The lowest BCUT2D eigenvalue weighted by molar-refractivity contribution is -0.119. The molecule has 0 atom stereocenters. The molecule has 6 heteroatoms. The maximum atomic E-state index is 11.5. The van der Waals surface area contributed by atoms with Crippen LogP contribution in [-0.4, -0.2) is 37.1 Å². The van der Waals surface area contributed by atoms with Crippen LogP contribution < -0.4 is 10.6 Å². The second-order valence-electron chi connectivity index (χ2n) is 4.47. The van der Waals surface area contributed by atoms with E-state index in [2.05, 4.69) is 20.4 Å². The summed E-state index contributed by atoms with van der Waals surface area (Å²) in [5, 5.41) is 5.72. The smallest absolute Gasteiger partial charge is 0.356 e. The quantitative estimate of drug-likeness (QED) is 0.752. The first-order chi connectivity index (χ1) is 9.02. The Bertz CT molecular complexity index is 447. The number of nitrogens with one attached hydrogen (secondary N) is 2. The zero-order valence-corrected chi connectivity index (χ0v) is 11.4. The number of carbonyl (C=O) groups is 2. The summed E-state index contributed by atoms with van der Waals surface area (Å²) in [5.41, 5.74) is 0.852. The molecule has 0 aliphatic rings. The highest BCUT2D eigenvalue weighted by Gasteiger charge is 2.08. The van der Waals surface area contributed by atoms with Gasteiger partial charge in [-0.05, 0) is 18.1 Å². The number of pyridine rings is 1. The molecule has 1 aromatic rings. The number of aromatic nitrogens is 1. The number of ether oxygens (including phenoxy) is 1. The molecule has 0 saturated heterocycles. The van der Waals surface area contributed by atoms with Crippen molar-refractivity contribution in [2.45, 2.75) is 13.8 Å². The van der Waals surface area contributed by atoms with E-state index in [4.69, 9.17) is 0 Å². The molecule has 2 N–H and O–H groups in total. The molecule has 1 heterocycles. The van der Waals surface area contributed by atoms with Gasteiger partial charge >= 0.3 is 5.97 Å². The van der Waals surface area contributed by atoms with Gasteiger partial charge in [-0.15, -0.1) is 0 Å². The minimum atomic E-state index is -0.507. The first-order valence-corrected chi connectivity index (χ1v) is 6.08. The zero-order chi connectivity index (χ0) is 14.3. The first kappa shape index (κ1) is 14.9. The fourth-order valence-electron chi connectivity index (χ4n) is 1.32. The summed E-state index contributed by atoms with van der Waals surface area (Å²) in [6, 6.07) is 3.23. The lowest BCUT2D eigenvalue weighted by Gasteiger charge is -2.09. The topological polar surface area (TPSA) is 80.3 Å². The number of carbonyl (C=O) groups excluding carboxylic acids is 2. The van der Waals surface area contributed by atoms with Crippen molar-refractivity contribution < 1.29 is 14.3 Å². The van der Waals surface area contributed by atoms with Gasteiger partial charge in [0.05, 0.1) is 13.7 Å². The van der Waals surface area contributed by atoms with Gasteiger partial charge < -0.3 is 15.4 Å². The molecule has 104 valence electrons. The van der Waals surface area contributed by atoms with Gasteiger partial charge in [0, 0.05) is 18.4 Å². The van der Waals surface area contributed by atoms with Crippen LogP contribution in [-0.2, 0) is 9.53 Å². The Morgan fingerprint density at radius 3 is 2.79 bits per heavy atom. The largest absolute Gasteiger partial charge is 0.464 e. The molecule has 6 nitrogen and oxygen atoms in total. The van der Waals surface area contributed by atoms with Crippen molar-refractivity contribution in [3.8, 4) is 0 Å². The maximum absolute atomic E-state index is 11.5. The zero-order valence-electron chi connectivity index (χ0n) is 11.4. The predicted molar refractivity (Wildman–Crippen MR) is 71.9 cm³/mol. The lowest BCUT2D eigenvalue weighted by Crippen LogP contribution is -2.32. The molecule has 0 radical (unpaired) electrons. The fraction of sp³-hybridized carbons (Fsp3) is 0.462. The van der Waals surface area contributed by atoms with Crippen molar-refractivity contribution in [3.05, 3.63) is 24.0 Å². The highest BCUT2D eigenvalue weighted by atomic mass is 16.5. The van der Waals surface area contributed by atoms with Crippen molar-refractivity contribution in [2.24, 2.45) is 5.92 Å². The second kappa shape index (κ2) is 7.35. The van der Waals surface area contributed by atoms with Gasteiger partial charge in [0.1, 0.15) is 5.69 Å². The predicted octanol–water partition coefficient (Wildman–Crippen LogP) is 1.05. The number of esters is 1. The van der Waals surface area contributed by atoms with Crippen LogP contribution in [0.15, 0.2) is 18.3 Å². The molecule has 0 fully saturated rings. The Hall–Kier alpha value is -2.11. The van der Waals surface area contributed by atoms with Crippen LogP contribution >= 0.6 is 0 Å². The van der Waals surface area contributed by atoms with Crippen LogP contribution in [0.1, 0.15) is 24.3 Å². The number of hydrogen-bond donors (Lipinski definition) is 2. The van der Waals surface area contributed by atoms with Crippen LogP contribution in [0.3, 0.4) is 0 Å². The summed E-state index contributed by atoms with van der Waals surface area (Å²) >= 11 is 0. The summed E-state index contributed by atoms with van der Waals surface area (Å²) in [7, 11) is 1.30. The first-order valence-electron chi connectivity index (χ1n) is 6.08. The molecule has 0 unspecified atom stereocenters. The number of methoxy groups -OCH3 is 1. The van der Waals surface area contributed by atoms with Crippen molar-refractivity contribution in [1.82, 2.24) is 10.3 Å². The molecule has 0 bridgehead atoms. The number of rotatable bonds is 6. The number of hydrogen-bond acceptors (Lipinski definition) is 5. The Morgan fingerprint density at radius 1 is 1.42 bits per heavy atom. The summed E-state index contributed by atoms with van der Waals surface area (Å²) in [6.07, 6.45) is 1.49. The Labute approximate surface area is 112 Å². The highest BCUT2D eigenvalue weighted by molar-refractivity contribution is 5.88. The molecule has 1 rings (SSSR count). The average molecular weight is 265 g/mol. The normalized spacial score (nSPS) is 10.1. The van der Waals surface area contributed by atoms with Crippen LogP contribution in [0, 0.1) is 5.92 Å². The van der Waals surface area contributed by atoms with Gasteiger partial charge in [0.15, 0.2) is 0 Å². The number of nitrogens with zero attached hydrogens (tertiary/aromatic N) is 1. The van der Waals surface area contributed by atoms with Crippen LogP contribution in [0.2, 0.25) is 0 Å². The Balaban J connectivity index is 2.49. The maximum Gasteiger partial charge on any atom is 0.356 e. The lowest BCUT2D eigenvalue weighted by atomic mass is 10.2. The molecule has 1 amide bonds. The van der Waals surface area contributed by atoms with Crippen LogP contribution in [0.5, 0.6) is 0 Å². The van der Waals surface area contributed by atoms with E-state index in [9.17, 15) is 9.59 Å². The third kappa shape index (κ3) is 5.37. The minimum Gasteiger partial charge on any atom is -0.464 e. The summed E-state index contributed by atoms with van der Waals surface area (Å²) in [4.78, 5) is 26.7. The number of amides is 1. The van der Waals surface area contributed by atoms with Gasteiger partial charge in [0.2, 0.25) is 5.91 Å². The van der Waals surface area contributed by atoms with Crippen molar-refractivity contribution in [1.29, 1.82) is 0 Å².